The van der Waals surface area contributed by atoms with E-state index >= 15 is 0 Å². The zero-order valence-corrected chi connectivity index (χ0v) is 14.0. The van der Waals surface area contributed by atoms with Crippen molar-refractivity contribution < 1.29 is 0 Å². The standard InChI is InChI=1S/C16H30N4/c1-7-10-12(4)20(6)16-13(5)15(17-11-8-2)18-14(9-3)19-16/h12H,7-11H2,1-6H3,(H,17,18,19). The van der Waals surface area contributed by atoms with Crippen LogP contribution in [0.1, 0.15) is 58.3 Å². The average molecular weight is 278 g/mol. The molecule has 0 aromatic carbocycles. The lowest BCUT2D eigenvalue weighted by Gasteiger charge is -2.28. The van der Waals surface area contributed by atoms with Gasteiger partial charge in [0.25, 0.3) is 0 Å². The molecule has 0 aliphatic heterocycles. The predicted octanol–water partition coefficient (Wildman–Crippen LogP) is 3.79. The van der Waals surface area contributed by atoms with E-state index in [1.165, 1.54) is 12.8 Å². The van der Waals surface area contributed by atoms with Gasteiger partial charge in [-0.2, -0.15) is 0 Å². The van der Waals surface area contributed by atoms with E-state index in [0.717, 1.165) is 42.4 Å². The quantitative estimate of drug-likeness (QED) is 0.785. The third kappa shape index (κ3) is 4.09. The third-order valence-corrected chi connectivity index (χ3v) is 3.73. The lowest BCUT2D eigenvalue weighted by Crippen LogP contribution is -2.30. The van der Waals surface area contributed by atoms with E-state index in [1.54, 1.807) is 0 Å². The highest BCUT2D eigenvalue weighted by molar-refractivity contribution is 5.58. The summed E-state index contributed by atoms with van der Waals surface area (Å²) in [5, 5.41) is 3.43. The molecule has 0 radical (unpaired) electrons. The highest BCUT2D eigenvalue weighted by Gasteiger charge is 2.17. The smallest absolute Gasteiger partial charge is 0.137 e. The fourth-order valence-electron chi connectivity index (χ4n) is 2.29. The molecule has 0 amide bonds. The highest BCUT2D eigenvalue weighted by Crippen LogP contribution is 2.25. The molecule has 1 rings (SSSR count). The molecule has 1 N–H and O–H groups in total. The Kier molecular flexibility index (Phi) is 6.76. The van der Waals surface area contributed by atoms with E-state index in [-0.39, 0.29) is 0 Å². The monoisotopic (exact) mass is 278 g/mol. The molecule has 0 fully saturated rings. The van der Waals surface area contributed by atoms with Crippen molar-refractivity contribution in [3.05, 3.63) is 11.4 Å². The number of nitrogens with one attached hydrogen (secondary N) is 1. The van der Waals surface area contributed by atoms with Crippen LogP contribution in [0.2, 0.25) is 0 Å². The van der Waals surface area contributed by atoms with Crippen molar-refractivity contribution in [2.45, 2.75) is 66.3 Å². The van der Waals surface area contributed by atoms with Crippen LogP contribution in [0.5, 0.6) is 0 Å². The molecule has 0 bridgehead atoms. The molecule has 0 spiro atoms. The minimum atomic E-state index is 0.498. The van der Waals surface area contributed by atoms with Crippen LogP contribution in [0.4, 0.5) is 11.6 Å². The van der Waals surface area contributed by atoms with Gasteiger partial charge in [-0.05, 0) is 26.7 Å². The number of aryl methyl sites for hydroxylation is 1. The summed E-state index contributed by atoms with van der Waals surface area (Å²) in [6, 6.07) is 0.498. The fraction of sp³-hybridized carbons (Fsp3) is 0.750. The third-order valence-electron chi connectivity index (χ3n) is 3.73. The Hall–Kier alpha value is -1.32. The van der Waals surface area contributed by atoms with Gasteiger partial charge in [-0.25, -0.2) is 9.97 Å². The SMILES string of the molecule is CCCNc1nc(CC)nc(N(C)C(C)CCC)c1C. The second kappa shape index (κ2) is 8.08. The predicted molar refractivity (Wildman–Crippen MR) is 87.7 cm³/mol. The van der Waals surface area contributed by atoms with Gasteiger partial charge in [-0.3, -0.25) is 0 Å². The Bertz CT molecular complexity index is 417. The number of rotatable bonds is 8. The van der Waals surface area contributed by atoms with Crippen molar-refractivity contribution in [2.75, 3.05) is 23.8 Å². The van der Waals surface area contributed by atoms with Crippen molar-refractivity contribution in [1.29, 1.82) is 0 Å². The van der Waals surface area contributed by atoms with Crippen molar-refractivity contribution in [2.24, 2.45) is 0 Å². The van der Waals surface area contributed by atoms with Gasteiger partial charge in [0.2, 0.25) is 0 Å². The van der Waals surface area contributed by atoms with Crippen LogP contribution in [0.3, 0.4) is 0 Å². The summed E-state index contributed by atoms with van der Waals surface area (Å²) in [7, 11) is 2.14. The van der Waals surface area contributed by atoms with Gasteiger partial charge in [0.1, 0.15) is 17.5 Å². The molecule has 114 valence electrons. The molecule has 1 heterocycles. The van der Waals surface area contributed by atoms with E-state index in [2.05, 4.69) is 56.9 Å². The Morgan fingerprint density at radius 2 is 1.85 bits per heavy atom. The number of nitrogens with zero attached hydrogens (tertiary/aromatic N) is 3. The highest BCUT2D eigenvalue weighted by atomic mass is 15.2. The summed E-state index contributed by atoms with van der Waals surface area (Å²) in [4.78, 5) is 11.7. The molecule has 4 nitrogen and oxygen atoms in total. The molecule has 20 heavy (non-hydrogen) atoms. The lowest BCUT2D eigenvalue weighted by molar-refractivity contribution is 0.608. The van der Waals surface area contributed by atoms with Crippen LogP contribution < -0.4 is 10.2 Å². The molecule has 0 aliphatic carbocycles. The van der Waals surface area contributed by atoms with E-state index in [9.17, 15) is 0 Å². The van der Waals surface area contributed by atoms with Crippen LogP contribution in [-0.4, -0.2) is 29.6 Å². The number of aromatic nitrogens is 2. The van der Waals surface area contributed by atoms with E-state index < -0.39 is 0 Å². The zero-order chi connectivity index (χ0) is 15.1. The van der Waals surface area contributed by atoms with Gasteiger partial charge in [-0.15, -0.1) is 0 Å². The fourth-order valence-corrected chi connectivity index (χ4v) is 2.29. The molecule has 1 unspecified atom stereocenters. The molecule has 0 saturated carbocycles. The maximum Gasteiger partial charge on any atom is 0.137 e. The van der Waals surface area contributed by atoms with Gasteiger partial charge in [0.15, 0.2) is 0 Å². The molecule has 1 aromatic heterocycles. The first-order chi connectivity index (χ1) is 9.54. The van der Waals surface area contributed by atoms with Gasteiger partial charge < -0.3 is 10.2 Å². The van der Waals surface area contributed by atoms with Gasteiger partial charge in [0, 0.05) is 31.6 Å². The van der Waals surface area contributed by atoms with Crippen molar-refractivity contribution in [3.63, 3.8) is 0 Å². The summed E-state index contributed by atoms with van der Waals surface area (Å²) in [5.74, 6) is 2.97. The van der Waals surface area contributed by atoms with Crippen LogP contribution in [0.25, 0.3) is 0 Å². The molecule has 1 atom stereocenters. The maximum atomic E-state index is 4.74. The van der Waals surface area contributed by atoms with E-state index in [1.807, 2.05) is 0 Å². The second-order valence-electron chi connectivity index (χ2n) is 5.47. The summed E-state index contributed by atoms with van der Waals surface area (Å²) >= 11 is 0. The van der Waals surface area contributed by atoms with Crippen LogP contribution >= 0.6 is 0 Å². The molecular weight excluding hydrogens is 248 g/mol. The van der Waals surface area contributed by atoms with Crippen molar-refractivity contribution in [1.82, 2.24) is 9.97 Å². The van der Waals surface area contributed by atoms with Crippen LogP contribution in [0, 0.1) is 6.92 Å². The average Bonchev–Trinajstić information content (AvgIpc) is 2.45. The minimum absolute atomic E-state index is 0.498. The van der Waals surface area contributed by atoms with E-state index in [4.69, 9.17) is 4.98 Å². The first kappa shape index (κ1) is 16.7. The maximum absolute atomic E-state index is 4.74. The number of anilines is 2. The number of hydrogen-bond donors (Lipinski definition) is 1. The second-order valence-corrected chi connectivity index (χ2v) is 5.47. The summed E-state index contributed by atoms with van der Waals surface area (Å²) in [6.45, 7) is 11.8. The van der Waals surface area contributed by atoms with Crippen LogP contribution in [0.15, 0.2) is 0 Å². The van der Waals surface area contributed by atoms with E-state index in [0.29, 0.717) is 6.04 Å². The van der Waals surface area contributed by atoms with Crippen LogP contribution in [-0.2, 0) is 6.42 Å². The Morgan fingerprint density at radius 3 is 2.40 bits per heavy atom. The summed E-state index contributed by atoms with van der Waals surface area (Å²) in [6.07, 6.45) is 4.34. The largest absolute Gasteiger partial charge is 0.370 e. The van der Waals surface area contributed by atoms with Gasteiger partial charge in [-0.1, -0.05) is 27.2 Å². The molecule has 4 heteroatoms. The Balaban J connectivity index is 3.10. The van der Waals surface area contributed by atoms with Gasteiger partial charge in [0.05, 0.1) is 0 Å². The summed E-state index contributed by atoms with van der Waals surface area (Å²) < 4.78 is 0. The topological polar surface area (TPSA) is 41.1 Å². The zero-order valence-electron chi connectivity index (χ0n) is 14.0. The first-order valence-electron chi connectivity index (χ1n) is 7.89. The molecule has 0 saturated heterocycles. The molecule has 0 aliphatic rings. The van der Waals surface area contributed by atoms with Gasteiger partial charge >= 0.3 is 0 Å². The Morgan fingerprint density at radius 1 is 1.15 bits per heavy atom. The summed E-state index contributed by atoms with van der Waals surface area (Å²) in [5.41, 5.74) is 1.15. The molecule has 1 aromatic rings. The Labute approximate surface area is 124 Å². The van der Waals surface area contributed by atoms with Crippen molar-refractivity contribution >= 4 is 11.6 Å². The molecular formula is C16H30N4. The lowest BCUT2D eigenvalue weighted by atomic mass is 10.1. The first-order valence-corrected chi connectivity index (χ1v) is 7.89. The minimum Gasteiger partial charge on any atom is -0.370 e. The normalized spacial score (nSPS) is 12.3. The van der Waals surface area contributed by atoms with Crippen molar-refractivity contribution in [3.8, 4) is 0 Å². The number of hydrogen-bond acceptors (Lipinski definition) is 4.